The minimum atomic E-state index is -0.589. The van der Waals surface area contributed by atoms with Crippen LogP contribution in [0, 0.1) is 17.1 Å². The van der Waals surface area contributed by atoms with Crippen LogP contribution >= 0.6 is 0 Å². The Morgan fingerprint density at radius 3 is 2.90 bits per heavy atom. The molecule has 0 aliphatic carbocycles. The number of nitriles is 1. The van der Waals surface area contributed by atoms with Gasteiger partial charge in [0.05, 0.1) is 18.2 Å². The van der Waals surface area contributed by atoms with E-state index < -0.39 is 11.8 Å². The number of hydrogen-bond acceptors (Lipinski definition) is 5. The topological polar surface area (TPSA) is 75.0 Å². The number of esters is 1. The Kier molecular flexibility index (Phi) is 3.91. The second-order valence-corrected chi connectivity index (χ2v) is 3.85. The second kappa shape index (κ2) is 5.80. The summed E-state index contributed by atoms with van der Waals surface area (Å²) in [6.45, 7) is 0. The minimum absolute atomic E-state index is 0.0703. The van der Waals surface area contributed by atoms with Gasteiger partial charge in [-0.2, -0.15) is 5.26 Å². The molecular formula is C14H10FN3O2. The minimum Gasteiger partial charge on any atom is -0.465 e. The summed E-state index contributed by atoms with van der Waals surface area (Å²) in [7, 11) is 1.29. The van der Waals surface area contributed by atoms with Crippen LogP contribution in [0.3, 0.4) is 0 Å². The van der Waals surface area contributed by atoms with Crippen molar-refractivity contribution in [1.29, 1.82) is 5.26 Å². The van der Waals surface area contributed by atoms with Crippen LogP contribution < -0.4 is 5.32 Å². The third kappa shape index (κ3) is 2.90. The summed E-state index contributed by atoms with van der Waals surface area (Å²) in [6, 6.07) is 8.79. The number of nitrogens with zero attached hydrogens (tertiary/aromatic N) is 2. The smallest absolute Gasteiger partial charge is 0.338 e. The molecule has 5 nitrogen and oxygen atoms in total. The van der Waals surface area contributed by atoms with Gasteiger partial charge in [-0.3, -0.25) is 0 Å². The van der Waals surface area contributed by atoms with Crippen molar-refractivity contribution in [3.05, 3.63) is 53.5 Å². The van der Waals surface area contributed by atoms with E-state index in [0.29, 0.717) is 17.1 Å². The van der Waals surface area contributed by atoms with Gasteiger partial charge in [-0.15, -0.1) is 0 Å². The van der Waals surface area contributed by atoms with Gasteiger partial charge in [-0.25, -0.2) is 14.2 Å². The molecule has 0 radical (unpaired) electrons. The number of benzene rings is 1. The lowest BCUT2D eigenvalue weighted by molar-refractivity contribution is 0.0600. The van der Waals surface area contributed by atoms with E-state index in [4.69, 9.17) is 5.26 Å². The average molecular weight is 271 g/mol. The Balaban J connectivity index is 2.26. The number of nitrogens with one attached hydrogen (secondary N) is 1. The van der Waals surface area contributed by atoms with Gasteiger partial charge >= 0.3 is 5.97 Å². The molecule has 1 heterocycles. The zero-order valence-electron chi connectivity index (χ0n) is 10.6. The molecule has 2 rings (SSSR count). The number of rotatable bonds is 3. The molecule has 0 bridgehead atoms. The number of pyridine rings is 1. The molecule has 1 aromatic heterocycles. The zero-order chi connectivity index (χ0) is 14.5. The fraction of sp³-hybridized carbons (Fsp3) is 0.0714. The predicted octanol–water partition coefficient (Wildman–Crippen LogP) is 2.62. The van der Waals surface area contributed by atoms with Gasteiger partial charge in [0.1, 0.15) is 17.7 Å². The van der Waals surface area contributed by atoms with E-state index in [1.165, 1.54) is 43.6 Å². The van der Waals surface area contributed by atoms with Crippen molar-refractivity contribution in [2.24, 2.45) is 0 Å². The van der Waals surface area contributed by atoms with Crippen molar-refractivity contribution >= 4 is 17.5 Å². The maximum absolute atomic E-state index is 13.2. The molecule has 20 heavy (non-hydrogen) atoms. The maximum Gasteiger partial charge on any atom is 0.338 e. The number of aromatic nitrogens is 1. The highest BCUT2D eigenvalue weighted by Crippen LogP contribution is 2.18. The van der Waals surface area contributed by atoms with Crippen LogP contribution in [0.4, 0.5) is 15.9 Å². The van der Waals surface area contributed by atoms with Crippen molar-refractivity contribution in [3.63, 3.8) is 0 Å². The number of carbonyl (C=O) groups excluding carboxylic acids is 1. The molecule has 0 aliphatic heterocycles. The number of ether oxygens (including phenoxy) is 1. The van der Waals surface area contributed by atoms with Crippen molar-refractivity contribution in [2.75, 3.05) is 12.4 Å². The highest BCUT2D eigenvalue weighted by molar-refractivity contribution is 5.90. The third-order valence-corrected chi connectivity index (χ3v) is 2.54. The first-order valence-corrected chi connectivity index (χ1v) is 5.65. The van der Waals surface area contributed by atoms with Crippen LogP contribution in [0.2, 0.25) is 0 Å². The Hall–Kier alpha value is -2.94. The summed E-state index contributed by atoms with van der Waals surface area (Å²) in [5.41, 5.74) is 0.768. The highest BCUT2D eigenvalue weighted by atomic mass is 19.1. The normalized spacial score (nSPS) is 9.65. The van der Waals surface area contributed by atoms with E-state index in [1.807, 2.05) is 0 Å². The van der Waals surface area contributed by atoms with Gasteiger partial charge in [-0.1, -0.05) is 0 Å². The van der Waals surface area contributed by atoms with Crippen LogP contribution in [0.25, 0.3) is 0 Å². The Morgan fingerprint density at radius 1 is 1.40 bits per heavy atom. The van der Waals surface area contributed by atoms with Crippen molar-refractivity contribution in [2.45, 2.75) is 0 Å². The van der Waals surface area contributed by atoms with Gasteiger partial charge in [0.2, 0.25) is 0 Å². The van der Waals surface area contributed by atoms with Gasteiger partial charge < -0.3 is 10.1 Å². The number of halogens is 1. The van der Waals surface area contributed by atoms with E-state index in [-0.39, 0.29) is 5.56 Å². The molecule has 0 fully saturated rings. The van der Waals surface area contributed by atoms with E-state index in [9.17, 15) is 9.18 Å². The highest BCUT2D eigenvalue weighted by Gasteiger charge is 2.07. The molecule has 1 N–H and O–H groups in total. The lowest BCUT2D eigenvalue weighted by Crippen LogP contribution is -2.03. The molecule has 100 valence electrons. The second-order valence-electron chi connectivity index (χ2n) is 3.85. The molecule has 0 atom stereocenters. The fourth-order valence-corrected chi connectivity index (χ4v) is 1.58. The maximum atomic E-state index is 13.2. The molecule has 2 aromatic rings. The van der Waals surface area contributed by atoms with E-state index in [0.717, 1.165) is 0 Å². The summed E-state index contributed by atoms with van der Waals surface area (Å²) < 4.78 is 17.8. The van der Waals surface area contributed by atoms with Gasteiger partial charge in [-0.05, 0) is 30.3 Å². The molecule has 0 saturated carbocycles. The lowest BCUT2D eigenvalue weighted by atomic mass is 10.2. The molecule has 0 aliphatic rings. The average Bonchev–Trinajstić information content (AvgIpc) is 2.48. The summed E-state index contributed by atoms with van der Waals surface area (Å²) in [5, 5.41) is 11.7. The summed E-state index contributed by atoms with van der Waals surface area (Å²) >= 11 is 0. The Morgan fingerprint density at radius 2 is 2.20 bits per heavy atom. The number of methoxy groups -OCH3 is 1. The number of anilines is 2. The van der Waals surface area contributed by atoms with Gasteiger partial charge in [0, 0.05) is 11.9 Å². The van der Waals surface area contributed by atoms with Crippen LogP contribution in [0.1, 0.15) is 15.9 Å². The monoisotopic (exact) mass is 271 g/mol. The standard InChI is InChI=1S/C14H10FN3O2/c1-20-14(19)9-4-5-17-13(7-9)18-11-2-3-12(15)10(6-11)8-16/h2-7H,1H3,(H,17,18). The van der Waals surface area contributed by atoms with Crippen LogP contribution in [-0.4, -0.2) is 18.1 Å². The van der Waals surface area contributed by atoms with E-state index in [1.54, 1.807) is 6.07 Å². The number of carbonyl (C=O) groups is 1. The molecule has 0 saturated heterocycles. The fourth-order valence-electron chi connectivity index (χ4n) is 1.58. The zero-order valence-corrected chi connectivity index (χ0v) is 10.6. The molecule has 1 aromatic carbocycles. The molecule has 0 unspecified atom stereocenters. The first kappa shape index (κ1) is 13.5. The summed E-state index contributed by atoms with van der Waals surface area (Å²) in [6.07, 6.45) is 1.45. The van der Waals surface area contributed by atoms with Crippen LogP contribution in [0.15, 0.2) is 36.5 Å². The first-order valence-electron chi connectivity index (χ1n) is 5.65. The summed E-state index contributed by atoms with van der Waals surface area (Å²) in [4.78, 5) is 15.4. The summed E-state index contributed by atoms with van der Waals surface area (Å²) in [5.74, 6) is -0.676. The molecule has 6 heteroatoms. The van der Waals surface area contributed by atoms with E-state index >= 15 is 0 Å². The van der Waals surface area contributed by atoms with Gasteiger partial charge in [0.15, 0.2) is 0 Å². The van der Waals surface area contributed by atoms with Crippen LogP contribution in [0.5, 0.6) is 0 Å². The van der Waals surface area contributed by atoms with Crippen LogP contribution in [-0.2, 0) is 4.74 Å². The predicted molar refractivity (Wildman–Crippen MR) is 70.0 cm³/mol. The van der Waals surface area contributed by atoms with Crippen molar-refractivity contribution in [1.82, 2.24) is 4.98 Å². The largest absolute Gasteiger partial charge is 0.465 e. The molecular weight excluding hydrogens is 261 g/mol. The third-order valence-electron chi connectivity index (χ3n) is 2.54. The van der Waals surface area contributed by atoms with E-state index in [2.05, 4.69) is 15.0 Å². The van der Waals surface area contributed by atoms with Crippen molar-refractivity contribution < 1.29 is 13.9 Å². The Bertz CT molecular complexity index is 695. The molecule has 0 amide bonds. The van der Waals surface area contributed by atoms with Crippen molar-refractivity contribution in [3.8, 4) is 6.07 Å². The SMILES string of the molecule is COC(=O)c1ccnc(Nc2ccc(F)c(C#N)c2)c1. The van der Waals surface area contributed by atoms with Gasteiger partial charge in [0.25, 0.3) is 0 Å². The number of hydrogen-bond donors (Lipinski definition) is 1. The quantitative estimate of drug-likeness (QED) is 0.868. The lowest BCUT2D eigenvalue weighted by Gasteiger charge is -2.07. The first-order chi connectivity index (χ1) is 9.63. The molecule has 0 spiro atoms. The Labute approximate surface area is 114 Å².